The molecule has 0 aliphatic rings. The van der Waals surface area contributed by atoms with Crippen molar-refractivity contribution in [1.29, 1.82) is 0 Å². The minimum atomic E-state index is -0.543. The molecule has 2 aromatic carbocycles. The number of carbonyl (C=O) groups is 1. The molecule has 0 saturated heterocycles. The van der Waals surface area contributed by atoms with E-state index in [2.05, 4.69) is 0 Å². The van der Waals surface area contributed by atoms with Gasteiger partial charge in [-0.1, -0.05) is 42.5 Å². The van der Waals surface area contributed by atoms with Gasteiger partial charge < -0.3 is 10.5 Å². The third-order valence-corrected chi connectivity index (χ3v) is 2.96. The van der Waals surface area contributed by atoms with E-state index in [0.29, 0.717) is 24.5 Å². The number of hydrogen-bond donors (Lipinski definition) is 1. The molecule has 2 rings (SSSR count). The molecule has 0 spiro atoms. The van der Waals surface area contributed by atoms with Gasteiger partial charge in [0.25, 0.3) is 5.24 Å². The number of ether oxygens (including phenoxy) is 1. The van der Waals surface area contributed by atoms with E-state index < -0.39 is 5.24 Å². The zero-order valence-electron chi connectivity index (χ0n) is 10.3. The molecule has 3 nitrogen and oxygen atoms in total. The van der Waals surface area contributed by atoms with Gasteiger partial charge in [0.2, 0.25) is 0 Å². The average Bonchev–Trinajstić information content (AvgIpc) is 2.45. The molecule has 0 heterocycles. The lowest BCUT2D eigenvalue weighted by Gasteiger charge is -2.13. The van der Waals surface area contributed by atoms with E-state index in [0.717, 1.165) is 11.1 Å². The quantitative estimate of drug-likeness (QED) is 0.853. The minimum absolute atomic E-state index is 0.294. The van der Waals surface area contributed by atoms with E-state index in [9.17, 15) is 4.79 Å². The van der Waals surface area contributed by atoms with Gasteiger partial charge in [-0.05, 0) is 23.2 Å². The lowest BCUT2D eigenvalue weighted by molar-refractivity contribution is 0.107. The maximum absolute atomic E-state index is 11.4. The van der Waals surface area contributed by atoms with Gasteiger partial charge in [0.15, 0.2) is 0 Å². The molecule has 0 atom stereocenters. The third-order valence-electron chi connectivity index (χ3n) is 2.75. The highest BCUT2D eigenvalue weighted by Gasteiger charge is 2.14. The summed E-state index contributed by atoms with van der Waals surface area (Å²) < 4.78 is 5.72. The van der Waals surface area contributed by atoms with Gasteiger partial charge in [0, 0.05) is 12.1 Å². The molecule has 0 aliphatic heterocycles. The number of rotatable bonds is 5. The summed E-state index contributed by atoms with van der Waals surface area (Å²) >= 11 is 5.56. The number of para-hydroxylation sites is 1. The second kappa shape index (κ2) is 6.36. The highest BCUT2D eigenvalue weighted by Crippen LogP contribution is 2.26. The van der Waals surface area contributed by atoms with Crippen LogP contribution in [0.1, 0.15) is 21.5 Å². The molecule has 0 saturated carbocycles. The van der Waals surface area contributed by atoms with E-state index in [1.807, 2.05) is 36.4 Å². The van der Waals surface area contributed by atoms with Crippen LogP contribution in [0.4, 0.5) is 0 Å². The molecule has 0 unspecified atom stereocenters. The second-order valence-electron chi connectivity index (χ2n) is 4.05. The van der Waals surface area contributed by atoms with Crippen molar-refractivity contribution in [3.63, 3.8) is 0 Å². The summed E-state index contributed by atoms with van der Waals surface area (Å²) in [7, 11) is 0. The molecule has 2 aromatic rings. The third kappa shape index (κ3) is 3.34. The molecule has 19 heavy (non-hydrogen) atoms. The van der Waals surface area contributed by atoms with Crippen molar-refractivity contribution < 1.29 is 9.53 Å². The van der Waals surface area contributed by atoms with Gasteiger partial charge in [0.1, 0.15) is 12.4 Å². The van der Waals surface area contributed by atoms with Gasteiger partial charge in [-0.3, -0.25) is 4.79 Å². The fourth-order valence-corrected chi connectivity index (χ4v) is 1.95. The normalized spacial score (nSPS) is 10.2. The second-order valence-corrected chi connectivity index (χ2v) is 4.39. The summed E-state index contributed by atoms with van der Waals surface area (Å²) in [6.07, 6.45) is 0. The molecule has 0 aliphatic carbocycles. The highest BCUT2D eigenvalue weighted by molar-refractivity contribution is 6.68. The van der Waals surface area contributed by atoms with E-state index in [4.69, 9.17) is 22.1 Å². The van der Waals surface area contributed by atoms with Crippen molar-refractivity contribution in [1.82, 2.24) is 0 Å². The smallest absolute Gasteiger partial charge is 0.256 e. The standard InChI is InChI=1S/C15H14ClNO2/c16-15(18)13-8-4-7-12(9-17)14(13)19-10-11-5-2-1-3-6-11/h1-8H,9-10,17H2. The molecule has 0 radical (unpaired) electrons. The van der Waals surface area contributed by atoms with Gasteiger partial charge >= 0.3 is 0 Å². The highest BCUT2D eigenvalue weighted by atomic mass is 35.5. The Morgan fingerprint density at radius 3 is 2.47 bits per heavy atom. The maximum Gasteiger partial charge on any atom is 0.256 e. The Kier molecular flexibility index (Phi) is 4.55. The predicted octanol–water partition coefficient (Wildman–Crippen LogP) is 3.10. The molecule has 4 heteroatoms. The number of nitrogens with two attached hydrogens (primary N) is 1. The Morgan fingerprint density at radius 2 is 1.84 bits per heavy atom. The van der Waals surface area contributed by atoms with Crippen molar-refractivity contribution in [2.45, 2.75) is 13.2 Å². The van der Waals surface area contributed by atoms with Crippen molar-refractivity contribution in [2.24, 2.45) is 5.73 Å². The molecular formula is C15H14ClNO2. The Morgan fingerprint density at radius 1 is 1.11 bits per heavy atom. The van der Waals surface area contributed by atoms with Crippen molar-refractivity contribution >= 4 is 16.8 Å². The van der Waals surface area contributed by atoms with Crippen molar-refractivity contribution in [3.8, 4) is 5.75 Å². The van der Waals surface area contributed by atoms with Crippen LogP contribution in [0.25, 0.3) is 0 Å². The Balaban J connectivity index is 2.25. The van der Waals surface area contributed by atoms with Crippen LogP contribution < -0.4 is 10.5 Å². The van der Waals surface area contributed by atoms with E-state index >= 15 is 0 Å². The first-order valence-corrected chi connectivity index (χ1v) is 6.28. The van der Waals surface area contributed by atoms with Gasteiger partial charge in [0.05, 0.1) is 5.56 Å². The Hall–Kier alpha value is -1.84. The molecule has 0 bridgehead atoms. The monoisotopic (exact) mass is 275 g/mol. The Bertz CT molecular complexity index is 570. The van der Waals surface area contributed by atoms with Crippen LogP contribution in [0, 0.1) is 0 Å². The number of carbonyl (C=O) groups excluding carboxylic acids is 1. The molecule has 2 N–H and O–H groups in total. The largest absolute Gasteiger partial charge is 0.488 e. The summed E-state index contributed by atoms with van der Waals surface area (Å²) in [5, 5.41) is -0.543. The topological polar surface area (TPSA) is 52.3 Å². The van der Waals surface area contributed by atoms with E-state index in [-0.39, 0.29) is 0 Å². The van der Waals surface area contributed by atoms with Crippen LogP contribution in [0.2, 0.25) is 0 Å². The van der Waals surface area contributed by atoms with Crippen LogP contribution >= 0.6 is 11.6 Å². The number of benzene rings is 2. The lowest BCUT2D eigenvalue weighted by Crippen LogP contribution is -2.06. The SMILES string of the molecule is NCc1cccc(C(=O)Cl)c1OCc1ccccc1. The zero-order valence-corrected chi connectivity index (χ0v) is 11.1. The van der Waals surface area contributed by atoms with Crippen molar-refractivity contribution in [2.75, 3.05) is 0 Å². The van der Waals surface area contributed by atoms with Crippen LogP contribution in [-0.2, 0) is 13.2 Å². The lowest BCUT2D eigenvalue weighted by atomic mass is 10.1. The molecule has 0 aromatic heterocycles. The Labute approximate surface area is 117 Å². The van der Waals surface area contributed by atoms with Gasteiger partial charge in [-0.15, -0.1) is 0 Å². The first-order chi connectivity index (χ1) is 9.22. The molecule has 0 fully saturated rings. The average molecular weight is 276 g/mol. The summed E-state index contributed by atoms with van der Waals surface area (Å²) in [4.78, 5) is 11.4. The van der Waals surface area contributed by atoms with Crippen LogP contribution in [0.15, 0.2) is 48.5 Å². The first-order valence-electron chi connectivity index (χ1n) is 5.91. The fraction of sp³-hybridized carbons (Fsp3) is 0.133. The van der Waals surface area contributed by atoms with Gasteiger partial charge in [-0.2, -0.15) is 0 Å². The van der Waals surface area contributed by atoms with E-state index in [1.54, 1.807) is 12.1 Å². The summed E-state index contributed by atoms with van der Waals surface area (Å²) in [5.74, 6) is 0.467. The molecule has 0 amide bonds. The number of halogens is 1. The predicted molar refractivity (Wildman–Crippen MR) is 75.3 cm³/mol. The van der Waals surface area contributed by atoms with Gasteiger partial charge in [-0.25, -0.2) is 0 Å². The minimum Gasteiger partial charge on any atom is -0.488 e. The van der Waals surface area contributed by atoms with E-state index in [1.165, 1.54) is 0 Å². The summed E-state index contributed by atoms with van der Waals surface area (Å²) in [5.41, 5.74) is 7.78. The first kappa shape index (κ1) is 13.6. The molecule has 98 valence electrons. The summed E-state index contributed by atoms with van der Waals surface area (Å²) in [6.45, 7) is 0.664. The summed E-state index contributed by atoms with van der Waals surface area (Å²) in [6, 6.07) is 14.9. The van der Waals surface area contributed by atoms with Crippen LogP contribution in [0.5, 0.6) is 5.75 Å². The maximum atomic E-state index is 11.4. The molecular weight excluding hydrogens is 262 g/mol. The van der Waals surface area contributed by atoms with Crippen LogP contribution in [-0.4, -0.2) is 5.24 Å². The zero-order chi connectivity index (χ0) is 13.7. The van der Waals surface area contributed by atoms with Crippen molar-refractivity contribution in [3.05, 3.63) is 65.2 Å². The van der Waals surface area contributed by atoms with Crippen LogP contribution in [0.3, 0.4) is 0 Å². The fourth-order valence-electron chi connectivity index (χ4n) is 1.80. The number of hydrogen-bond acceptors (Lipinski definition) is 3.